The number of piperidine rings is 1. The second kappa shape index (κ2) is 10.5. The Bertz CT molecular complexity index is 1100. The molecule has 0 bridgehead atoms. The molecule has 3 aliphatic rings. The molecule has 2 aromatic rings. The number of hydrogen-bond donors (Lipinski definition) is 2. The number of hydrogen-bond acceptors (Lipinski definition) is 4. The average molecular weight is 494 g/mol. The lowest BCUT2D eigenvalue weighted by atomic mass is 9.71. The molecule has 1 aliphatic heterocycles. The fourth-order valence-electron chi connectivity index (χ4n) is 6.61. The standard InChI is InChI=1S/C29H43N5O2/c1-5-24-23-16-26-22(21-9-7-10-25(31-24)27(21)23)15-20(18-33(26)17-19-11-12-19)28(35)34(29(36)30-6-2)14-8-13-32(3)4/h7,9-10,19-20,22,26,31H,5-6,8,11-18H2,1-4H3,(H,30,36)/t20-,22?,26-/m1/s1. The normalized spacial score (nSPS) is 23.6. The van der Waals surface area contributed by atoms with Crippen molar-refractivity contribution in [2.75, 3.05) is 46.8 Å². The van der Waals surface area contributed by atoms with Crippen LogP contribution in [0.3, 0.4) is 0 Å². The van der Waals surface area contributed by atoms with E-state index in [1.54, 1.807) is 0 Å². The van der Waals surface area contributed by atoms with E-state index in [0.29, 0.717) is 25.0 Å². The Morgan fingerprint density at radius 2 is 1.97 bits per heavy atom. The fourth-order valence-corrected chi connectivity index (χ4v) is 6.61. The summed E-state index contributed by atoms with van der Waals surface area (Å²) in [5, 5.41) is 4.28. The first-order valence-electron chi connectivity index (χ1n) is 14.0. The molecule has 0 spiro atoms. The van der Waals surface area contributed by atoms with Gasteiger partial charge in [-0.15, -0.1) is 0 Å². The number of carbonyl (C=O) groups is 2. The molecule has 196 valence electrons. The molecule has 5 rings (SSSR count). The van der Waals surface area contributed by atoms with E-state index in [2.05, 4.69) is 45.2 Å². The largest absolute Gasteiger partial charge is 0.358 e. The predicted octanol–water partition coefficient (Wildman–Crippen LogP) is 3.98. The number of aryl methyl sites for hydroxylation is 1. The number of nitrogens with zero attached hydrogens (tertiary/aromatic N) is 3. The van der Waals surface area contributed by atoms with Gasteiger partial charge in [-0.2, -0.15) is 0 Å². The number of imide groups is 1. The van der Waals surface area contributed by atoms with Crippen molar-refractivity contribution in [1.82, 2.24) is 25.0 Å². The summed E-state index contributed by atoms with van der Waals surface area (Å²) >= 11 is 0. The first kappa shape index (κ1) is 25.3. The van der Waals surface area contributed by atoms with Gasteiger partial charge in [0.25, 0.3) is 0 Å². The molecule has 2 N–H and O–H groups in total. The highest BCUT2D eigenvalue weighted by molar-refractivity contribution is 5.96. The summed E-state index contributed by atoms with van der Waals surface area (Å²) in [5.74, 6) is 0.919. The van der Waals surface area contributed by atoms with E-state index in [1.165, 1.54) is 45.5 Å². The van der Waals surface area contributed by atoms with Gasteiger partial charge in [0.1, 0.15) is 0 Å². The topological polar surface area (TPSA) is 71.7 Å². The zero-order valence-corrected chi connectivity index (χ0v) is 22.5. The number of nitrogens with one attached hydrogen (secondary N) is 2. The first-order valence-corrected chi connectivity index (χ1v) is 14.0. The molecule has 1 saturated carbocycles. The lowest BCUT2D eigenvalue weighted by molar-refractivity contribution is -0.135. The molecule has 3 atom stereocenters. The third kappa shape index (κ3) is 4.92. The summed E-state index contributed by atoms with van der Waals surface area (Å²) in [6.45, 7) is 7.82. The Hall–Kier alpha value is -2.38. The summed E-state index contributed by atoms with van der Waals surface area (Å²) in [7, 11) is 4.05. The lowest BCUT2D eigenvalue weighted by Crippen LogP contribution is -2.56. The maximum atomic E-state index is 14.0. The van der Waals surface area contributed by atoms with Crippen molar-refractivity contribution in [3.63, 3.8) is 0 Å². The first-order chi connectivity index (χ1) is 17.4. The van der Waals surface area contributed by atoms with Crippen LogP contribution < -0.4 is 5.32 Å². The molecular formula is C29H43N5O2. The number of likely N-dealkylation sites (tertiary alicyclic amines) is 1. The molecule has 7 heteroatoms. The van der Waals surface area contributed by atoms with Crippen LogP contribution in [0.5, 0.6) is 0 Å². The predicted molar refractivity (Wildman–Crippen MR) is 144 cm³/mol. The minimum absolute atomic E-state index is 0.000223. The number of urea groups is 1. The molecule has 7 nitrogen and oxygen atoms in total. The number of H-pyrrole nitrogens is 1. The van der Waals surface area contributed by atoms with Crippen molar-refractivity contribution in [2.24, 2.45) is 11.8 Å². The van der Waals surface area contributed by atoms with Crippen molar-refractivity contribution in [2.45, 2.75) is 64.3 Å². The monoisotopic (exact) mass is 493 g/mol. The summed E-state index contributed by atoms with van der Waals surface area (Å²) in [4.78, 5) is 36.9. The van der Waals surface area contributed by atoms with Crippen LogP contribution in [0, 0.1) is 11.8 Å². The van der Waals surface area contributed by atoms with Gasteiger partial charge in [0.15, 0.2) is 0 Å². The van der Waals surface area contributed by atoms with Crippen molar-refractivity contribution in [3.05, 3.63) is 35.0 Å². The Morgan fingerprint density at radius 3 is 2.67 bits per heavy atom. The molecule has 36 heavy (non-hydrogen) atoms. The lowest BCUT2D eigenvalue weighted by Gasteiger charge is -2.47. The Kier molecular flexibility index (Phi) is 7.40. The number of rotatable bonds is 9. The maximum absolute atomic E-state index is 14.0. The van der Waals surface area contributed by atoms with Crippen LogP contribution in [-0.2, 0) is 17.6 Å². The number of benzene rings is 1. The van der Waals surface area contributed by atoms with E-state index in [4.69, 9.17) is 0 Å². The van der Waals surface area contributed by atoms with Crippen LogP contribution in [-0.4, -0.2) is 84.5 Å². The minimum atomic E-state index is -0.247. The van der Waals surface area contributed by atoms with Gasteiger partial charge in [0.2, 0.25) is 5.91 Å². The van der Waals surface area contributed by atoms with Gasteiger partial charge >= 0.3 is 6.03 Å². The highest BCUT2D eigenvalue weighted by Crippen LogP contribution is 2.47. The number of carbonyl (C=O) groups excluding carboxylic acids is 2. The van der Waals surface area contributed by atoms with E-state index in [-0.39, 0.29) is 17.9 Å². The molecule has 1 saturated heterocycles. The fraction of sp³-hybridized carbons (Fsp3) is 0.655. The molecule has 2 aliphatic carbocycles. The number of amides is 3. The van der Waals surface area contributed by atoms with Gasteiger partial charge in [-0.1, -0.05) is 19.1 Å². The summed E-state index contributed by atoms with van der Waals surface area (Å²) in [6.07, 6.45) is 6.27. The summed E-state index contributed by atoms with van der Waals surface area (Å²) in [5.41, 5.74) is 5.48. The summed E-state index contributed by atoms with van der Waals surface area (Å²) < 4.78 is 0. The highest BCUT2D eigenvalue weighted by atomic mass is 16.2. The SMILES string of the molecule is CCNC(=O)N(CCCN(C)C)C(=O)[C@@H]1CC2c3cccc4[nH]c(CC)c(c34)C[C@H]2N(CC2CC2)C1. The average Bonchev–Trinajstić information content (AvgIpc) is 3.61. The van der Waals surface area contributed by atoms with Gasteiger partial charge < -0.3 is 15.2 Å². The second-order valence-electron chi connectivity index (χ2n) is 11.4. The van der Waals surface area contributed by atoms with Gasteiger partial charge in [-0.3, -0.25) is 14.6 Å². The van der Waals surface area contributed by atoms with Crippen LogP contribution in [0.1, 0.15) is 62.3 Å². The van der Waals surface area contributed by atoms with Crippen molar-refractivity contribution < 1.29 is 9.59 Å². The molecule has 2 fully saturated rings. The quantitative estimate of drug-likeness (QED) is 0.554. The smallest absolute Gasteiger partial charge is 0.324 e. The summed E-state index contributed by atoms with van der Waals surface area (Å²) in [6, 6.07) is 6.83. The van der Waals surface area contributed by atoms with E-state index >= 15 is 0 Å². The third-order valence-corrected chi connectivity index (χ3v) is 8.51. The van der Waals surface area contributed by atoms with Gasteiger partial charge in [0.05, 0.1) is 5.92 Å². The van der Waals surface area contributed by atoms with Crippen LogP contribution in [0.2, 0.25) is 0 Å². The Morgan fingerprint density at radius 1 is 1.17 bits per heavy atom. The molecular weight excluding hydrogens is 450 g/mol. The van der Waals surface area contributed by atoms with Gasteiger partial charge in [-0.25, -0.2) is 4.79 Å². The zero-order valence-electron chi connectivity index (χ0n) is 22.5. The van der Waals surface area contributed by atoms with Crippen LogP contribution in [0.25, 0.3) is 10.9 Å². The van der Waals surface area contributed by atoms with E-state index in [9.17, 15) is 9.59 Å². The van der Waals surface area contributed by atoms with Crippen molar-refractivity contribution >= 4 is 22.8 Å². The minimum Gasteiger partial charge on any atom is -0.358 e. The van der Waals surface area contributed by atoms with E-state index in [1.807, 2.05) is 21.0 Å². The molecule has 3 amide bonds. The van der Waals surface area contributed by atoms with Crippen molar-refractivity contribution in [1.29, 1.82) is 0 Å². The van der Waals surface area contributed by atoms with Crippen LogP contribution in [0.4, 0.5) is 4.79 Å². The maximum Gasteiger partial charge on any atom is 0.324 e. The van der Waals surface area contributed by atoms with Crippen LogP contribution in [0.15, 0.2) is 18.2 Å². The number of aromatic amines is 1. The van der Waals surface area contributed by atoms with Gasteiger partial charge in [0, 0.05) is 54.7 Å². The zero-order chi connectivity index (χ0) is 25.4. The van der Waals surface area contributed by atoms with Crippen LogP contribution >= 0.6 is 0 Å². The Balaban J connectivity index is 1.45. The molecule has 1 aromatic carbocycles. The van der Waals surface area contributed by atoms with E-state index in [0.717, 1.165) is 51.2 Å². The number of aromatic nitrogens is 1. The molecule has 2 heterocycles. The number of fused-ring (bicyclic) bond motifs is 2. The Labute approximate surface area is 215 Å². The molecule has 1 aromatic heterocycles. The third-order valence-electron chi connectivity index (χ3n) is 8.51. The highest BCUT2D eigenvalue weighted by Gasteiger charge is 2.45. The van der Waals surface area contributed by atoms with E-state index < -0.39 is 0 Å². The van der Waals surface area contributed by atoms with Gasteiger partial charge in [-0.05, 0) is 89.2 Å². The van der Waals surface area contributed by atoms with Crippen molar-refractivity contribution in [3.8, 4) is 0 Å². The molecule has 0 radical (unpaired) electrons. The second-order valence-corrected chi connectivity index (χ2v) is 11.4. The molecule has 1 unspecified atom stereocenters.